The van der Waals surface area contributed by atoms with E-state index in [-0.39, 0.29) is 29.7 Å². The second kappa shape index (κ2) is 11.9. The third kappa shape index (κ3) is 6.75. The highest BCUT2D eigenvalue weighted by Gasteiger charge is 2.39. The predicted octanol–water partition coefficient (Wildman–Crippen LogP) is 5.05. The first-order valence-electron chi connectivity index (χ1n) is 11.6. The second-order valence-corrected chi connectivity index (χ2v) is 9.99. The van der Waals surface area contributed by atoms with Crippen molar-refractivity contribution in [3.63, 3.8) is 0 Å². The number of carbonyl (C=O) groups is 2. The van der Waals surface area contributed by atoms with Crippen LogP contribution in [0.15, 0.2) is 74.9 Å². The molecule has 1 aromatic carbocycles. The van der Waals surface area contributed by atoms with Crippen molar-refractivity contribution >= 4 is 28.7 Å². The molecule has 2 aromatic heterocycles. The number of benzene rings is 1. The van der Waals surface area contributed by atoms with E-state index in [0.717, 1.165) is 17.9 Å². The Morgan fingerprint density at radius 2 is 1.97 bits per heavy atom. The van der Waals surface area contributed by atoms with E-state index in [0.29, 0.717) is 29.3 Å². The van der Waals surface area contributed by atoms with Gasteiger partial charge in [0, 0.05) is 43.1 Å². The Morgan fingerprint density at radius 1 is 1.25 bits per heavy atom. The van der Waals surface area contributed by atoms with E-state index in [1.54, 1.807) is 35.6 Å². The Balaban J connectivity index is 0.000000444. The van der Waals surface area contributed by atoms with Gasteiger partial charge in [-0.05, 0) is 29.1 Å². The van der Waals surface area contributed by atoms with Crippen LogP contribution in [0.5, 0.6) is 0 Å². The van der Waals surface area contributed by atoms with Gasteiger partial charge in [-0.2, -0.15) is 0 Å². The number of allylic oxidation sites excluding steroid dienone is 1. The van der Waals surface area contributed by atoms with E-state index < -0.39 is 5.41 Å². The minimum atomic E-state index is -0.499. The van der Waals surface area contributed by atoms with Crippen LogP contribution in [0.3, 0.4) is 0 Å². The Labute approximate surface area is 214 Å². The lowest BCUT2D eigenvalue weighted by Gasteiger charge is -2.41. The zero-order valence-corrected chi connectivity index (χ0v) is 21.8. The molecule has 9 heteroatoms. The molecule has 0 radical (unpaired) electrons. The normalized spacial score (nSPS) is 17.4. The van der Waals surface area contributed by atoms with Gasteiger partial charge in [-0.15, -0.1) is 11.3 Å². The van der Waals surface area contributed by atoms with E-state index in [2.05, 4.69) is 4.98 Å². The predicted molar refractivity (Wildman–Crippen MR) is 139 cm³/mol. The van der Waals surface area contributed by atoms with Gasteiger partial charge in [-0.3, -0.25) is 14.6 Å². The van der Waals surface area contributed by atoms with Crippen LogP contribution in [-0.2, 0) is 17.8 Å². The van der Waals surface area contributed by atoms with Crippen LogP contribution in [0.4, 0.5) is 4.39 Å². The highest BCUT2D eigenvalue weighted by molar-refractivity contribution is 7.12. The van der Waals surface area contributed by atoms with Gasteiger partial charge in [0.15, 0.2) is 11.7 Å². The number of hydrogen-bond acceptors (Lipinski definition) is 7. The number of nitrogens with zero attached hydrogens (tertiary/aromatic N) is 3. The van der Waals surface area contributed by atoms with Crippen LogP contribution >= 0.6 is 11.3 Å². The van der Waals surface area contributed by atoms with Crippen LogP contribution in [0.2, 0.25) is 0 Å². The summed E-state index contributed by atoms with van der Waals surface area (Å²) < 4.78 is 18.0. The third-order valence-corrected chi connectivity index (χ3v) is 6.56. The molecule has 0 saturated carbocycles. The molecule has 3 heterocycles. The maximum Gasteiger partial charge on any atom is 0.264 e. The quantitative estimate of drug-likeness (QED) is 0.484. The molecule has 0 unspecified atom stereocenters. The molecule has 1 saturated heterocycles. The largest absolute Gasteiger partial charge is 0.449 e. The molecule has 1 aliphatic rings. The van der Waals surface area contributed by atoms with Gasteiger partial charge in [0.05, 0.1) is 23.3 Å². The van der Waals surface area contributed by atoms with Gasteiger partial charge in [-0.25, -0.2) is 9.37 Å². The van der Waals surface area contributed by atoms with Crippen molar-refractivity contribution in [1.82, 2.24) is 9.88 Å². The standard InChI is InChI=1S/C22H24FN3O2S.C5H7NO/c1-14(27)19(24)17-12-26(21(28)18-5-4-10-29-18)13-22(2,3)20(17)25-11-15-6-8-16(23)9-7-15;1-2-5-6-3-4-7-5/h4-10H,11-13,24H2,1-3H3;3-4H,2H2,1H3/b19-17-,25-20?;. The molecule has 3 aromatic rings. The summed E-state index contributed by atoms with van der Waals surface area (Å²) in [6.45, 7) is 8.41. The minimum Gasteiger partial charge on any atom is -0.449 e. The topological polar surface area (TPSA) is 102 Å². The lowest BCUT2D eigenvalue weighted by atomic mass is 9.78. The number of aliphatic imine (C=N–C) groups is 1. The Morgan fingerprint density at radius 3 is 2.50 bits per heavy atom. The molecular weight excluding hydrogens is 479 g/mol. The van der Waals surface area contributed by atoms with E-state index in [4.69, 9.17) is 15.1 Å². The van der Waals surface area contributed by atoms with E-state index in [1.165, 1.54) is 30.4 Å². The fraction of sp³-hybridized carbons (Fsp3) is 0.333. The number of aromatic nitrogens is 1. The summed E-state index contributed by atoms with van der Waals surface area (Å²) in [5.74, 6) is 0.166. The summed E-state index contributed by atoms with van der Waals surface area (Å²) in [6, 6.07) is 9.77. The Bertz CT molecular complexity index is 1230. The van der Waals surface area contributed by atoms with Crippen LogP contribution in [0, 0.1) is 11.2 Å². The molecule has 36 heavy (non-hydrogen) atoms. The number of thiophene rings is 1. The first kappa shape index (κ1) is 27.0. The number of ketones is 1. The van der Waals surface area contributed by atoms with Crippen molar-refractivity contribution in [2.24, 2.45) is 16.1 Å². The average molecular weight is 511 g/mol. The lowest BCUT2D eigenvalue weighted by molar-refractivity contribution is -0.113. The number of carbonyl (C=O) groups excluding carboxylic acids is 2. The van der Waals surface area contributed by atoms with Crippen molar-refractivity contribution in [2.75, 3.05) is 13.1 Å². The first-order valence-corrected chi connectivity index (χ1v) is 12.5. The van der Waals surface area contributed by atoms with Gasteiger partial charge in [-0.1, -0.05) is 39.0 Å². The molecule has 4 rings (SSSR count). The number of likely N-dealkylation sites (tertiary alicyclic amines) is 1. The number of amides is 1. The summed E-state index contributed by atoms with van der Waals surface area (Å²) in [4.78, 5) is 35.9. The molecule has 1 fully saturated rings. The van der Waals surface area contributed by atoms with Gasteiger partial charge in [0.1, 0.15) is 12.1 Å². The van der Waals surface area contributed by atoms with Crippen LogP contribution in [-0.4, -0.2) is 40.4 Å². The van der Waals surface area contributed by atoms with Gasteiger partial charge in [0.2, 0.25) is 0 Å². The van der Waals surface area contributed by atoms with Crippen molar-refractivity contribution in [3.05, 3.63) is 87.7 Å². The van der Waals surface area contributed by atoms with Crippen LogP contribution in [0.25, 0.3) is 0 Å². The Hall–Kier alpha value is -3.59. The number of rotatable bonds is 5. The molecule has 190 valence electrons. The number of halogens is 1. The summed E-state index contributed by atoms with van der Waals surface area (Å²) in [7, 11) is 0. The summed E-state index contributed by atoms with van der Waals surface area (Å²) in [5, 5.41) is 1.86. The number of Topliss-reactive ketones (excluding diaryl/α,β-unsaturated/α-hetero) is 1. The third-order valence-electron chi connectivity index (χ3n) is 5.70. The number of oxazole rings is 1. The van der Waals surface area contributed by atoms with E-state index in [1.807, 2.05) is 32.2 Å². The number of aryl methyl sites for hydroxylation is 1. The zero-order chi connectivity index (χ0) is 26.3. The second-order valence-electron chi connectivity index (χ2n) is 9.04. The fourth-order valence-electron chi connectivity index (χ4n) is 3.90. The fourth-order valence-corrected chi connectivity index (χ4v) is 4.60. The summed E-state index contributed by atoms with van der Waals surface area (Å²) >= 11 is 1.38. The maximum atomic E-state index is 13.2. The molecule has 1 amide bonds. The van der Waals surface area contributed by atoms with Crippen molar-refractivity contribution < 1.29 is 18.4 Å². The molecular formula is C27H31FN4O3S. The molecule has 1 aliphatic heterocycles. The first-order chi connectivity index (χ1) is 17.1. The molecule has 0 atom stereocenters. The molecule has 7 nitrogen and oxygen atoms in total. The maximum absolute atomic E-state index is 13.2. The zero-order valence-electron chi connectivity index (χ0n) is 21.0. The monoisotopic (exact) mass is 510 g/mol. The van der Waals surface area contributed by atoms with Gasteiger partial charge < -0.3 is 15.1 Å². The number of nitrogens with two attached hydrogens (primary N) is 1. The van der Waals surface area contributed by atoms with Crippen LogP contribution in [0.1, 0.15) is 48.8 Å². The van der Waals surface area contributed by atoms with Gasteiger partial charge in [0.25, 0.3) is 5.91 Å². The Kier molecular flexibility index (Phi) is 8.93. The molecule has 0 aliphatic carbocycles. The minimum absolute atomic E-state index is 0.0838. The van der Waals surface area contributed by atoms with Crippen molar-refractivity contribution in [2.45, 2.75) is 40.7 Å². The summed E-state index contributed by atoms with van der Waals surface area (Å²) in [5.41, 5.74) is 7.91. The van der Waals surface area contributed by atoms with Crippen molar-refractivity contribution in [3.8, 4) is 0 Å². The average Bonchev–Trinajstić information content (AvgIpc) is 3.57. The highest BCUT2D eigenvalue weighted by Crippen LogP contribution is 2.32. The van der Waals surface area contributed by atoms with Crippen LogP contribution < -0.4 is 5.73 Å². The van der Waals surface area contributed by atoms with E-state index in [9.17, 15) is 14.0 Å². The SMILES string of the molecule is CC(=O)/C(N)=C1\CN(C(=O)c2cccs2)CC(C)(C)C1=NCc1ccc(F)cc1.CCc1ncco1. The van der Waals surface area contributed by atoms with Gasteiger partial charge >= 0.3 is 0 Å². The number of hydrogen-bond donors (Lipinski definition) is 1. The molecule has 2 N–H and O–H groups in total. The highest BCUT2D eigenvalue weighted by atomic mass is 32.1. The summed E-state index contributed by atoms with van der Waals surface area (Å²) in [6.07, 6.45) is 4.12. The lowest BCUT2D eigenvalue weighted by Crippen LogP contribution is -2.51. The molecule has 0 spiro atoms. The number of piperidine rings is 1. The smallest absolute Gasteiger partial charge is 0.264 e. The van der Waals surface area contributed by atoms with Crippen molar-refractivity contribution in [1.29, 1.82) is 0 Å². The van der Waals surface area contributed by atoms with E-state index >= 15 is 0 Å². The molecule has 0 bridgehead atoms.